The number of ketones is 1. The Kier molecular flexibility index (Phi) is 5.58. The standard InChI is InChI=1S/C17H18O6S/c1-12-4-7-14(8-5-12)24(19,20)23-11-16(18)15-9-6-13(21-2)10-17(15)22-3/h4-10H,11H2,1-3H3. The molecular weight excluding hydrogens is 332 g/mol. The Hall–Kier alpha value is -2.38. The van der Waals surface area contributed by atoms with E-state index in [9.17, 15) is 13.2 Å². The Morgan fingerprint density at radius 2 is 1.67 bits per heavy atom. The first-order valence-corrected chi connectivity index (χ1v) is 8.49. The van der Waals surface area contributed by atoms with Crippen LogP contribution >= 0.6 is 0 Å². The van der Waals surface area contributed by atoms with E-state index in [1.165, 1.54) is 32.4 Å². The van der Waals surface area contributed by atoms with Crippen molar-refractivity contribution in [1.82, 2.24) is 0 Å². The van der Waals surface area contributed by atoms with Crippen molar-refractivity contribution in [2.45, 2.75) is 11.8 Å². The summed E-state index contributed by atoms with van der Waals surface area (Å²) in [7, 11) is -1.09. The SMILES string of the molecule is COc1ccc(C(=O)COS(=O)(=O)c2ccc(C)cc2)c(OC)c1. The Morgan fingerprint density at radius 1 is 1.00 bits per heavy atom. The van der Waals surface area contributed by atoms with Crippen LogP contribution in [0.4, 0.5) is 0 Å². The molecule has 0 aliphatic rings. The average Bonchev–Trinajstić information content (AvgIpc) is 2.59. The van der Waals surface area contributed by atoms with Gasteiger partial charge in [0.2, 0.25) is 0 Å². The van der Waals surface area contributed by atoms with E-state index in [4.69, 9.17) is 13.7 Å². The number of carbonyl (C=O) groups is 1. The number of Topliss-reactive ketones (excluding diaryl/α,β-unsaturated/α-hetero) is 1. The van der Waals surface area contributed by atoms with Crippen LogP contribution in [-0.2, 0) is 14.3 Å². The minimum atomic E-state index is -4.00. The van der Waals surface area contributed by atoms with Crippen LogP contribution in [-0.4, -0.2) is 35.0 Å². The summed E-state index contributed by atoms with van der Waals surface area (Å²) >= 11 is 0. The van der Waals surface area contributed by atoms with Crippen LogP contribution in [0.3, 0.4) is 0 Å². The lowest BCUT2D eigenvalue weighted by molar-refractivity contribution is 0.0921. The van der Waals surface area contributed by atoms with Crippen molar-refractivity contribution < 1.29 is 26.9 Å². The Morgan fingerprint density at radius 3 is 2.25 bits per heavy atom. The second-order valence-electron chi connectivity index (χ2n) is 5.02. The third-order valence-electron chi connectivity index (χ3n) is 3.36. The summed E-state index contributed by atoms with van der Waals surface area (Å²) in [4.78, 5) is 12.2. The minimum absolute atomic E-state index is 0.00240. The molecule has 0 radical (unpaired) electrons. The zero-order chi connectivity index (χ0) is 17.7. The lowest BCUT2D eigenvalue weighted by atomic mass is 10.1. The second-order valence-corrected chi connectivity index (χ2v) is 6.63. The van der Waals surface area contributed by atoms with E-state index in [0.29, 0.717) is 5.75 Å². The molecule has 2 aromatic rings. The summed E-state index contributed by atoms with van der Waals surface area (Å²) in [6.45, 7) is 1.23. The minimum Gasteiger partial charge on any atom is -0.497 e. The van der Waals surface area contributed by atoms with Crippen LogP contribution in [0.5, 0.6) is 11.5 Å². The van der Waals surface area contributed by atoms with Gasteiger partial charge in [0.25, 0.3) is 10.1 Å². The van der Waals surface area contributed by atoms with Gasteiger partial charge in [0, 0.05) is 6.07 Å². The number of benzene rings is 2. The molecule has 0 aliphatic heterocycles. The van der Waals surface area contributed by atoms with Crippen LogP contribution in [0.15, 0.2) is 47.4 Å². The normalized spacial score (nSPS) is 11.1. The molecule has 0 unspecified atom stereocenters. The van der Waals surface area contributed by atoms with Gasteiger partial charge in [-0.25, -0.2) is 0 Å². The predicted molar refractivity (Wildman–Crippen MR) is 88.2 cm³/mol. The number of hydrogen-bond donors (Lipinski definition) is 0. The maximum absolute atomic E-state index is 12.2. The average molecular weight is 350 g/mol. The Bertz CT molecular complexity index is 825. The largest absolute Gasteiger partial charge is 0.497 e. The number of ether oxygens (including phenoxy) is 2. The van der Waals surface area contributed by atoms with Gasteiger partial charge in [-0.15, -0.1) is 0 Å². The number of carbonyl (C=O) groups excluding carboxylic acids is 1. The fourth-order valence-corrected chi connectivity index (χ4v) is 2.88. The van der Waals surface area contributed by atoms with Gasteiger partial charge < -0.3 is 9.47 Å². The van der Waals surface area contributed by atoms with E-state index in [-0.39, 0.29) is 16.2 Å². The van der Waals surface area contributed by atoms with Crippen molar-refractivity contribution in [2.24, 2.45) is 0 Å². The van der Waals surface area contributed by atoms with Gasteiger partial charge >= 0.3 is 0 Å². The van der Waals surface area contributed by atoms with Gasteiger partial charge in [-0.2, -0.15) is 8.42 Å². The van der Waals surface area contributed by atoms with Gasteiger partial charge in [0.1, 0.15) is 18.1 Å². The van der Waals surface area contributed by atoms with Crippen molar-refractivity contribution in [3.63, 3.8) is 0 Å². The summed E-state index contributed by atoms with van der Waals surface area (Å²) in [5.41, 5.74) is 1.14. The molecule has 0 heterocycles. The van der Waals surface area contributed by atoms with Crippen molar-refractivity contribution >= 4 is 15.9 Å². The number of methoxy groups -OCH3 is 2. The molecule has 2 rings (SSSR count). The lowest BCUT2D eigenvalue weighted by Gasteiger charge is -2.10. The summed E-state index contributed by atoms with van der Waals surface area (Å²) in [5, 5.41) is 0. The molecule has 0 aliphatic carbocycles. The Labute approximate surface area is 141 Å². The zero-order valence-electron chi connectivity index (χ0n) is 13.6. The highest BCUT2D eigenvalue weighted by Gasteiger charge is 2.20. The molecule has 128 valence electrons. The topological polar surface area (TPSA) is 78.9 Å². The third kappa shape index (κ3) is 4.12. The van der Waals surface area contributed by atoms with Crippen molar-refractivity contribution in [1.29, 1.82) is 0 Å². The molecule has 0 bridgehead atoms. The molecule has 24 heavy (non-hydrogen) atoms. The van der Waals surface area contributed by atoms with Crippen molar-refractivity contribution in [3.8, 4) is 11.5 Å². The van der Waals surface area contributed by atoms with Crippen LogP contribution in [0.2, 0.25) is 0 Å². The predicted octanol–water partition coefficient (Wildman–Crippen LogP) is 2.60. The lowest BCUT2D eigenvalue weighted by Crippen LogP contribution is -2.15. The van der Waals surface area contributed by atoms with E-state index in [2.05, 4.69) is 0 Å². The summed E-state index contributed by atoms with van der Waals surface area (Å²) in [6, 6.07) is 10.8. The number of hydrogen-bond acceptors (Lipinski definition) is 6. The first kappa shape index (κ1) is 18.0. The molecular formula is C17H18O6S. The highest BCUT2D eigenvalue weighted by atomic mass is 32.2. The van der Waals surface area contributed by atoms with Crippen LogP contribution in [0, 0.1) is 6.92 Å². The van der Waals surface area contributed by atoms with Crippen LogP contribution in [0.25, 0.3) is 0 Å². The molecule has 7 heteroatoms. The molecule has 0 aromatic heterocycles. The fraction of sp³-hybridized carbons (Fsp3) is 0.235. The summed E-state index contributed by atoms with van der Waals surface area (Å²) < 4.78 is 39.3. The monoisotopic (exact) mass is 350 g/mol. The number of aryl methyl sites for hydroxylation is 1. The fourth-order valence-electron chi connectivity index (χ4n) is 2.01. The van der Waals surface area contributed by atoms with E-state index in [0.717, 1.165) is 5.56 Å². The number of rotatable bonds is 7. The zero-order valence-corrected chi connectivity index (χ0v) is 14.4. The van der Waals surface area contributed by atoms with E-state index in [1.54, 1.807) is 24.3 Å². The second kappa shape index (κ2) is 7.46. The molecule has 0 saturated heterocycles. The third-order valence-corrected chi connectivity index (χ3v) is 4.64. The molecule has 6 nitrogen and oxygen atoms in total. The maximum Gasteiger partial charge on any atom is 0.297 e. The first-order chi connectivity index (χ1) is 11.4. The molecule has 0 amide bonds. The van der Waals surface area contributed by atoms with Gasteiger partial charge in [0.05, 0.1) is 24.7 Å². The maximum atomic E-state index is 12.2. The highest BCUT2D eigenvalue weighted by molar-refractivity contribution is 7.86. The van der Waals surface area contributed by atoms with E-state index < -0.39 is 22.5 Å². The first-order valence-electron chi connectivity index (χ1n) is 7.08. The van der Waals surface area contributed by atoms with Crippen LogP contribution < -0.4 is 9.47 Å². The van der Waals surface area contributed by atoms with Gasteiger partial charge in [-0.1, -0.05) is 17.7 Å². The highest BCUT2D eigenvalue weighted by Crippen LogP contribution is 2.25. The van der Waals surface area contributed by atoms with Gasteiger partial charge in [0.15, 0.2) is 5.78 Å². The smallest absolute Gasteiger partial charge is 0.297 e. The molecule has 0 saturated carbocycles. The molecule has 0 fully saturated rings. The van der Waals surface area contributed by atoms with E-state index in [1.807, 2.05) is 6.92 Å². The molecule has 2 aromatic carbocycles. The summed E-state index contributed by atoms with van der Waals surface area (Å²) in [6.07, 6.45) is 0. The molecule has 0 atom stereocenters. The quantitative estimate of drug-likeness (QED) is 0.564. The molecule has 0 spiro atoms. The van der Waals surface area contributed by atoms with E-state index >= 15 is 0 Å². The van der Waals surface area contributed by atoms with Gasteiger partial charge in [-0.05, 0) is 31.2 Å². The van der Waals surface area contributed by atoms with Crippen molar-refractivity contribution in [3.05, 3.63) is 53.6 Å². The summed E-state index contributed by atoms with van der Waals surface area (Å²) in [5.74, 6) is 0.303. The van der Waals surface area contributed by atoms with Crippen LogP contribution in [0.1, 0.15) is 15.9 Å². The van der Waals surface area contributed by atoms with Gasteiger partial charge in [-0.3, -0.25) is 8.98 Å². The molecule has 0 N–H and O–H groups in total. The van der Waals surface area contributed by atoms with Crippen molar-refractivity contribution in [2.75, 3.05) is 20.8 Å². The Balaban J connectivity index is 2.14.